The average molecular weight is 211 g/mol. The largest absolute Gasteiger partial charge is 0.0840 e. The van der Waals surface area contributed by atoms with Crippen LogP contribution in [0.25, 0.3) is 0 Å². The second kappa shape index (κ2) is 4.35. The quantitative estimate of drug-likeness (QED) is 0.652. The summed E-state index contributed by atoms with van der Waals surface area (Å²) in [6, 6.07) is 4.36. The van der Waals surface area contributed by atoms with Gasteiger partial charge in [0.05, 0.1) is 0 Å². The van der Waals surface area contributed by atoms with Gasteiger partial charge in [0.2, 0.25) is 0 Å². The maximum atomic E-state index is 6.27. The lowest BCUT2D eigenvalue weighted by molar-refractivity contribution is 0.836. The summed E-state index contributed by atoms with van der Waals surface area (Å²) in [4.78, 5) is 0. The van der Waals surface area contributed by atoms with Gasteiger partial charge in [-0.05, 0) is 41.5 Å². The Kier molecular flexibility index (Phi) is 3.60. The minimum absolute atomic E-state index is 0.503. The third-order valence-corrected chi connectivity index (χ3v) is 2.92. The Morgan fingerprint density at radius 1 is 1.00 bits per heavy atom. The molecule has 0 atom stereocenters. The summed E-state index contributed by atoms with van der Waals surface area (Å²) in [6.45, 7) is 10.9. The van der Waals surface area contributed by atoms with Crippen LogP contribution in [0.1, 0.15) is 56.2 Å². The normalized spacial score (nSPS) is 11.4. The highest BCUT2D eigenvalue weighted by atomic mass is 35.5. The first-order chi connectivity index (χ1) is 6.43. The summed E-state index contributed by atoms with van der Waals surface area (Å²) in [5.74, 6) is 1.05. The van der Waals surface area contributed by atoms with Gasteiger partial charge >= 0.3 is 0 Å². The van der Waals surface area contributed by atoms with E-state index in [1.54, 1.807) is 0 Å². The van der Waals surface area contributed by atoms with Gasteiger partial charge in [0.15, 0.2) is 0 Å². The lowest BCUT2D eigenvalue weighted by Crippen LogP contribution is -1.97. The highest BCUT2D eigenvalue weighted by Gasteiger charge is 2.11. The molecule has 0 saturated heterocycles. The molecule has 1 aromatic rings. The summed E-state index contributed by atoms with van der Waals surface area (Å²) in [6.07, 6.45) is 0. The molecule has 0 spiro atoms. The van der Waals surface area contributed by atoms with Crippen molar-refractivity contribution in [2.75, 3.05) is 0 Å². The molecule has 0 aromatic heterocycles. The van der Waals surface area contributed by atoms with Crippen molar-refractivity contribution in [3.8, 4) is 0 Å². The van der Waals surface area contributed by atoms with Crippen LogP contribution in [0, 0.1) is 6.92 Å². The van der Waals surface area contributed by atoms with Gasteiger partial charge < -0.3 is 0 Å². The first-order valence-electron chi connectivity index (χ1n) is 5.23. The van der Waals surface area contributed by atoms with E-state index in [1.807, 2.05) is 0 Å². The summed E-state index contributed by atoms with van der Waals surface area (Å²) in [7, 11) is 0. The van der Waals surface area contributed by atoms with Crippen molar-refractivity contribution in [3.63, 3.8) is 0 Å². The van der Waals surface area contributed by atoms with E-state index in [1.165, 1.54) is 16.7 Å². The lowest BCUT2D eigenvalue weighted by atomic mass is 9.93. The van der Waals surface area contributed by atoms with Crippen LogP contribution in [-0.2, 0) is 0 Å². The molecule has 0 amide bonds. The summed E-state index contributed by atoms with van der Waals surface area (Å²) in [5, 5.41) is 0.920. The second-order valence-corrected chi connectivity index (χ2v) is 4.95. The van der Waals surface area contributed by atoms with Crippen molar-refractivity contribution in [2.45, 2.75) is 46.5 Å². The molecule has 1 heteroatoms. The zero-order chi connectivity index (χ0) is 10.9. The summed E-state index contributed by atoms with van der Waals surface area (Å²) < 4.78 is 0. The molecule has 1 rings (SSSR count). The average Bonchev–Trinajstić information content (AvgIpc) is 2.01. The van der Waals surface area contributed by atoms with E-state index in [2.05, 4.69) is 46.8 Å². The van der Waals surface area contributed by atoms with E-state index in [0.29, 0.717) is 11.8 Å². The van der Waals surface area contributed by atoms with Crippen molar-refractivity contribution in [1.82, 2.24) is 0 Å². The molecule has 0 heterocycles. The fraction of sp³-hybridized carbons (Fsp3) is 0.538. The van der Waals surface area contributed by atoms with E-state index >= 15 is 0 Å². The molecule has 0 aliphatic heterocycles. The molecule has 0 aliphatic rings. The predicted molar refractivity (Wildman–Crippen MR) is 64.4 cm³/mol. The molecule has 0 nitrogen and oxygen atoms in total. The monoisotopic (exact) mass is 210 g/mol. The second-order valence-electron chi connectivity index (χ2n) is 4.54. The van der Waals surface area contributed by atoms with Crippen LogP contribution < -0.4 is 0 Å². The van der Waals surface area contributed by atoms with Crippen molar-refractivity contribution in [3.05, 3.63) is 33.8 Å². The fourth-order valence-corrected chi connectivity index (χ4v) is 2.34. The van der Waals surface area contributed by atoms with Crippen molar-refractivity contribution < 1.29 is 0 Å². The van der Waals surface area contributed by atoms with Crippen molar-refractivity contribution in [1.29, 1.82) is 0 Å². The lowest BCUT2D eigenvalue weighted by Gasteiger charge is -2.15. The molecule has 0 aliphatic carbocycles. The molecule has 0 saturated carbocycles. The zero-order valence-corrected chi connectivity index (χ0v) is 10.4. The zero-order valence-electron chi connectivity index (χ0n) is 9.69. The van der Waals surface area contributed by atoms with E-state index in [4.69, 9.17) is 11.6 Å². The van der Waals surface area contributed by atoms with Gasteiger partial charge in [-0.15, -0.1) is 0 Å². The van der Waals surface area contributed by atoms with E-state index in [0.717, 1.165) is 5.02 Å². The van der Waals surface area contributed by atoms with Crippen LogP contribution >= 0.6 is 11.6 Å². The highest BCUT2D eigenvalue weighted by molar-refractivity contribution is 6.31. The van der Waals surface area contributed by atoms with Crippen LogP contribution in [0.15, 0.2) is 12.1 Å². The molecular formula is C13H19Cl. The third-order valence-electron chi connectivity index (χ3n) is 2.60. The fourth-order valence-electron chi connectivity index (χ4n) is 1.85. The standard InChI is InChI=1S/C13H19Cl/c1-8(2)11-6-10(5)13(9(3)4)12(14)7-11/h6-9H,1-5H3. The molecule has 0 unspecified atom stereocenters. The Morgan fingerprint density at radius 2 is 1.57 bits per heavy atom. The van der Waals surface area contributed by atoms with Gasteiger partial charge in [-0.1, -0.05) is 45.4 Å². The summed E-state index contributed by atoms with van der Waals surface area (Å²) >= 11 is 6.27. The van der Waals surface area contributed by atoms with Crippen LogP contribution in [0.4, 0.5) is 0 Å². The smallest absolute Gasteiger partial charge is 0.0446 e. The number of hydrogen-bond donors (Lipinski definition) is 0. The van der Waals surface area contributed by atoms with E-state index < -0.39 is 0 Å². The topological polar surface area (TPSA) is 0 Å². The first-order valence-corrected chi connectivity index (χ1v) is 5.61. The number of benzene rings is 1. The Morgan fingerprint density at radius 3 is 1.93 bits per heavy atom. The van der Waals surface area contributed by atoms with Gasteiger partial charge in [0, 0.05) is 5.02 Å². The van der Waals surface area contributed by atoms with E-state index in [-0.39, 0.29) is 0 Å². The molecule has 0 bridgehead atoms. The summed E-state index contributed by atoms with van der Waals surface area (Å²) in [5.41, 5.74) is 3.93. The van der Waals surface area contributed by atoms with Crippen molar-refractivity contribution in [2.24, 2.45) is 0 Å². The molecule has 0 fully saturated rings. The van der Waals surface area contributed by atoms with Gasteiger partial charge in [-0.3, -0.25) is 0 Å². The Labute approximate surface area is 92.3 Å². The van der Waals surface area contributed by atoms with Gasteiger partial charge in [0.1, 0.15) is 0 Å². The van der Waals surface area contributed by atoms with Crippen molar-refractivity contribution >= 4 is 11.6 Å². The Hall–Kier alpha value is -0.490. The maximum absolute atomic E-state index is 6.27. The van der Waals surface area contributed by atoms with Gasteiger partial charge in [-0.25, -0.2) is 0 Å². The SMILES string of the molecule is Cc1cc(C(C)C)cc(Cl)c1C(C)C. The molecule has 0 radical (unpaired) electrons. The maximum Gasteiger partial charge on any atom is 0.0446 e. The predicted octanol–water partition coefficient (Wildman–Crippen LogP) is 4.90. The Bertz CT molecular complexity index is 301. The number of halogens is 1. The van der Waals surface area contributed by atoms with Crippen LogP contribution in [-0.4, -0.2) is 0 Å². The molecule has 1 aromatic carbocycles. The number of rotatable bonds is 2. The van der Waals surface area contributed by atoms with Crippen LogP contribution in [0.5, 0.6) is 0 Å². The molecule has 0 N–H and O–H groups in total. The van der Waals surface area contributed by atoms with E-state index in [9.17, 15) is 0 Å². The molecule has 14 heavy (non-hydrogen) atoms. The third kappa shape index (κ3) is 2.30. The van der Waals surface area contributed by atoms with Gasteiger partial charge in [-0.2, -0.15) is 0 Å². The van der Waals surface area contributed by atoms with Crippen LogP contribution in [0.2, 0.25) is 5.02 Å². The Balaban J connectivity index is 3.25. The minimum atomic E-state index is 0.503. The number of aryl methyl sites for hydroxylation is 1. The number of hydrogen-bond acceptors (Lipinski definition) is 0. The van der Waals surface area contributed by atoms with Gasteiger partial charge in [0.25, 0.3) is 0 Å². The first kappa shape index (κ1) is 11.6. The van der Waals surface area contributed by atoms with Crippen LogP contribution in [0.3, 0.4) is 0 Å². The molecule has 78 valence electrons. The minimum Gasteiger partial charge on any atom is -0.0840 e. The highest BCUT2D eigenvalue weighted by Crippen LogP contribution is 2.31. The molecular weight excluding hydrogens is 192 g/mol.